The summed E-state index contributed by atoms with van der Waals surface area (Å²) in [4.78, 5) is 26.1. The number of carbonyl (C=O) groups is 2. The van der Waals surface area contributed by atoms with E-state index in [9.17, 15) is 18.7 Å². The molecule has 0 radical (unpaired) electrons. The predicted octanol–water partition coefficient (Wildman–Crippen LogP) is 3.73. The smallest absolute Gasteiger partial charge is 0.410 e. The van der Waals surface area contributed by atoms with E-state index >= 15 is 0 Å². The molecule has 10 nitrogen and oxygen atoms in total. The third-order valence-electron chi connectivity index (χ3n) is 5.86. The Morgan fingerprint density at radius 3 is 2.41 bits per heavy atom. The molecule has 0 spiro atoms. The average Bonchev–Trinajstić information content (AvgIpc) is 3.21. The Hall–Kier alpha value is -2.76. The van der Waals surface area contributed by atoms with E-state index < -0.39 is 22.1 Å². The first-order chi connectivity index (χ1) is 15.9. The number of nitrogens with two attached hydrogens (primary N) is 1. The topological polar surface area (TPSA) is 140 Å². The lowest BCUT2D eigenvalue weighted by molar-refractivity contribution is 0.0126. The maximum absolute atomic E-state index is 12.3. The molecular formula is C23H32N4O6S. The van der Waals surface area contributed by atoms with Crippen molar-refractivity contribution in [3.05, 3.63) is 36.2 Å². The van der Waals surface area contributed by atoms with Gasteiger partial charge in [-0.05, 0) is 38.5 Å². The quantitative estimate of drug-likeness (QED) is 0.578. The van der Waals surface area contributed by atoms with Gasteiger partial charge in [-0.2, -0.15) is 15.7 Å². The third kappa shape index (κ3) is 5.65. The second kappa shape index (κ2) is 9.12. The summed E-state index contributed by atoms with van der Waals surface area (Å²) in [5, 5.41) is 4.33. The number of carbonyl (C=O) groups excluding carboxylic acids is 2. The highest BCUT2D eigenvalue weighted by Crippen LogP contribution is 2.53. The van der Waals surface area contributed by atoms with E-state index in [1.165, 1.54) is 0 Å². The highest BCUT2D eigenvalue weighted by Gasteiger charge is 2.35. The minimum atomic E-state index is -2.46. The molecule has 2 saturated heterocycles. The molecule has 2 fully saturated rings. The minimum absolute atomic E-state index is 0.0384. The molecule has 0 unspecified atom stereocenters. The van der Waals surface area contributed by atoms with Gasteiger partial charge in [0.2, 0.25) is 0 Å². The van der Waals surface area contributed by atoms with Gasteiger partial charge in [-0.25, -0.2) is 4.79 Å². The SMILES string of the molecule is CC(C)(C)OC(=O)N1CCC(Oc2ccc(-c3cnn(C4CS(O)(O)C4)c3)cc2C(N)=O)CC1. The number of hydrogen-bond acceptors (Lipinski definition) is 7. The summed E-state index contributed by atoms with van der Waals surface area (Å²) in [6.07, 6.45) is 4.26. The standard InChI is InChI=1S/C23H32N4O6S/c1-23(2,3)33-22(29)26-8-6-18(7-9-26)32-20-5-4-15(10-19(20)21(24)28)16-11-25-27(12-16)17-13-34(30,31)14-17/h4-5,10-12,17-18,30-31H,6-9,13-14H2,1-3H3,(H2,24,28). The fraction of sp³-hybridized carbons (Fsp3) is 0.522. The Labute approximate surface area is 200 Å². The average molecular weight is 493 g/mol. The molecule has 11 heteroatoms. The van der Waals surface area contributed by atoms with Crippen LogP contribution in [0.1, 0.15) is 50.0 Å². The van der Waals surface area contributed by atoms with Crippen molar-refractivity contribution in [3.8, 4) is 16.9 Å². The summed E-state index contributed by atoms with van der Waals surface area (Å²) in [5.74, 6) is 0.427. The van der Waals surface area contributed by atoms with Gasteiger partial charge < -0.3 is 20.1 Å². The zero-order chi connectivity index (χ0) is 24.7. The second-order valence-corrected chi connectivity index (χ2v) is 12.1. The van der Waals surface area contributed by atoms with Crippen molar-refractivity contribution in [1.29, 1.82) is 0 Å². The summed E-state index contributed by atoms with van der Waals surface area (Å²) >= 11 is 0. The van der Waals surface area contributed by atoms with Crippen molar-refractivity contribution in [1.82, 2.24) is 14.7 Å². The number of ether oxygens (including phenoxy) is 2. The number of benzene rings is 1. The van der Waals surface area contributed by atoms with Crippen LogP contribution >= 0.6 is 10.6 Å². The predicted molar refractivity (Wildman–Crippen MR) is 129 cm³/mol. The number of rotatable bonds is 5. The molecule has 1 aromatic carbocycles. The first-order valence-corrected chi connectivity index (χ1v) is 13.2. The molecule has 3 heterocycles. The molecule has 0 atom stereocenters. The second-order valence-electron chi connectivity index (χ2n) is 9.86. The fourth-order valence-electron chi connectivity index (χ4n) is 4.07. The first-order valence-electron chi connectivity index (χ1n) is 11.3. The fourth-order valence-corrected chi connectivity index (χ4v) is 5.51. The van der Waals surface area contributed by atoms with Crippen molar-refractivity contribution in [2.45, 2.75) is 51.4 Å². The lowest BCUT2D eigenvalue weighted by atomic mass is 10.0. The first kappa shape index (κ1) is 24.4. The molecule has 2 amide bonds. The van der Waals surface area contributed by atoms with Crippen molar-refractivity contribution in [3.63, 3.8) is 0 Å². The lowest BCUT2D eigenvalue weighted by Gasteiger charge is -2.46. The monoisotopic (exact) mass is 492 g/mol. The van der Waals surface area contributed by atoms with Crippen LogP contribution in [0.3, 0.4) is 0 Å². The van der Waals surface area contributed by atoms with E-state index in [1.807, 2.05) is 33.0 Å². The van der Waals surface area contributed by atoms with Crippen LogP contribution in [0.5, 0.6) is 5.75 Å². The Morgan fingerprint density at radius 2 is 1.82 bits per heavy atom. The zero-order valence-electron chi connectivity index (χ0n) is 19.6. The number of aromatic nitrogens is 2. The number of amides is 2. The maximum atomic E-state index is 12.3. The molecule has 1 aromatic heterocycles. The van der Waals surface area contributed by atoms with Crippen LogP contribution < -0.4 is 10.5 Å². The van der Waals surface area contributed by atoms with Gasteiger partial charge in [0.25, 0.3) is 5.91 Å². The van der Waals surface area contributed by atoms with Crippen LogP contribution in [0.25, 0.3) is 11.1 Å². The van der Waals surface area contributed by atoms with E-state index in [1.54, 1.807) is 27.9 Å². The number of likely N-dealkylation sites (tertiary alicyclic amines) is 1. The van der Waals surface area contributed by atoms with Crippen LogP contribution in [-0.4, -0.2) is 72.1 Å². The molecule has 0 saturated carbocycles. The number of hydrogen-bond donors (Lipinski definition) is 3. The normalized spacial score (nSPS) is 19.9. The number of primary amides is 1. The molecule has 0 aliphatic carbocycles. The lowest BCUT2D eigenvalue weighted by Crippen LogP contribution is -2.44. The summed E-state index contributed by atoms with van der Waals surface area (Å²) in [7, 11) is -2.46. The molecule has 2 aromatic rings. The van der Waals surface area contributed by atoms with E-state index in [0.717, 1.165) is 11.1 Å². The van der Waals surface area contributed by atoms with Gasteiger partial charge in [-0.3, -0.25) is 18.6 Å². The highest BCUT2D eigenvalue weighted by molar-refractivity contribution is 8.25. The van der Waals surface area contributed by atoms with Gasteiger partial charge in [0.05, 0.1) is 29.3 Å². The Balaban J connectivity index is 1.41. The number of piperidine rings is 1. The zero-order valence-corrected chi connectivity index (χ0v) is 20.5. The molecule has 0 bridgehead atoms. The van der Waals surface area contributed by atoms with Gasteiger partial charge >= 0.3 is 6.09 Å². The molecule has 4 rings (SSSR count). The Bertz CT molecular complexity index is 1060. The van der Waals surface area contributed by atoms with Crippen LogP contribution in [0.2, 0.25) is 0 Å². The number of nitrogens with zero attached hydrogens (tertiary/aromatic N) is 3. The van der Waals surface area contributed by atoms with Crippen LogP contribution in [0.15, 0.2) is 30.6 Å². The molecule has 186 valence electrons. The molecule has 4 N–H and O–H groups in total. The van der Waals surface area contributed by atoms with Gasteiger partial charge in [0, 0.05) is 37.7 Å². The largest absolute Gasteiger partial charge is 0.489 e. The Kier molecular flexibility index (Phi) is 6.54. The van der Waals surface area contributed by atoms with Gasteiger partial charge in [-0.1, -0.05) is 6.07 Å². The molecule has 34 heavy (non-hydrogen) atoms. The minimum Gasteiger partial charge on any atom is -0.489 e. The summed E-state index contributed by atoms with van der Waals surface area (Å²) in [5.41, 5.74) is 6.93. The van der Waals surface area contributed by atoms with Gasteiger partial charge in [0.1, 0.15) is 17.5 Å². The van der Waals surface area contributed by atoms with E-state index in [-0.39, 0.29) is 23.8 Å². The van der Waals surface area contributed by atoms with Crippen molar-refractivity contribution >= 4 is 22.6 Å². The maximum Gasteiger partial charge on any atom is 0.410 e. The Morgan fingerprint density at radius 1 is 1.15 bits per heavy atom. The van der Waals surface area contributed by atoms with E-state index in [4.69, 9.17) is 15.2 Å². The van der Waals surface area contributed by atoms with E-state index in [2.05, 4.69) is 5.10 Å². The highest BCUT2D eigenvalue weighted by atomic mass is 32.3. The van der Waals surface area contributed by atoms with E-state index in [0.29, 0.717) is 43.2 Å². The van der Waals surface area contributed by atoms with Crippen LogP contribution in [0.4, 0.5) is 4.79 Å². The molecule has 2 aliphatic heterocycles. The van der Waals surface area contributed by atoms with Crippen LogP contribution in [-0.2, 0) is 4.74 Å². The van der Waals surface area contributed by atoms with Gasteiger partial charge in [0.15, 0.2) is 0 Å². The third-order valence-corrected chi connectivity index (χ3v) is 7.70. The summed E-state index contributed by atoms with van der Waals surface area (Å²) in [6.45, 7) is 6.53. The van der Waals surface area contributed by atoms with Gasteiger partial charge in [-0.15, -0.1) is 0 Å². The van der Waals surface area contributed by atoms with Crippen LogP contribution in [0, 0.1) is 0 Å². The molecular weight excluding hydrogens is 460 g/mol. The van der Waals surface area contributed by atoms with Crippen molar-refractivity contribution < 1.29 is 28.2 Å². The summed E-state index contributed by atoms with van der Waals surface area (Å²) < 4.78 is 32.5. The molecule has 2 aliphatic rings. The van der Waals surface area contributed by atoms with Crippen molar-refractivity contribution in [2.24, 2.45) is 5.73 Å². The van der Waals surface area contributed by atoms with Crippen molar-refractivity contribution in [2.75, 3.05) is 24.6 Å². The summed E-state index contributed by atoms with van der Waals surface area (Å²) in [6, 6.07) is 5.22.